The summed E-state index contributed by atoms with van der Waals surface area (Å²) >= 11 is 0. The van der Waals surface area contributed by atoms with Gasteiger partial charge >= 0.3 is 0 Å². The van der Waals surface area contributed by atoms with Crippen molar-refractivity contribution in [3.05, 3.63) is 42.0 Å². The van der Waals surface area contributed by atoms with Gasteiger partial charge in [-0.1, -0.05) is 0 Å². The highest BCUT2D eigenvalue weighted by atomic mass is 16.1. The molecule has 2 N–H and O–H groups in total. The number of anilines is 1. The van der Waals surface area contributed by atoms with E-state index in [1.807, 2.05) is 69.8 Å². The average Bonchev–Trinajstić information content (AvgIpc) is 2.77. The Bertz CT molecular complexity index is 650. The fraction of sp³-hybridized carbons (Fsp3) is 0.412. The minimum absolute atomic E-state index is 0.0441. The second-order valence-corrected chi connectivity index (χ2v) is 6.48. The molecule has 0 atom stereocenters. The van der Waals surface area contributed by atoms with Crippen molar-refractivity contribution >= 4 is 11.6 Å². The van der Waals surface area contributed by atoms with E-state index in [4.69, 9.17) is 0 Å². The highest BCUT2D eigenvalue weighted by Gasteiger charge is 2.11. The van der Waals surface area contributed by atoms with E-state index in [1.54, 1.807) is 0 Å². The Morgan fingerprint density at radius 2 is 1.82 bits per heavy atom. The Morgan fingerprint density at radius 3 is 2.32 bits per heavy atom. The maximum atomic E-state index is 11.9. The van der Waals surface area contributed by atoms with Crippen LogP contribution in [0.4, 0.5) is 5.69 Å². The molecule has 2 rings (SSSR count). The Morgan fingerprint density at radius 1 is 1.18 bits per heavy atom. The summed E-state index contributed by atoms with van der Waals surface area (Å²) in [6, 6.07) is 7.75. The third kappa shape index (κ3) is 4.18. The van der Waals surface area contributed by atoms with E-state index in [2.05, 4.69) is 15.6 Å². The third-order valence-electron chi connectivity index (χ3n) is 3.46. The first kappa shape index (κ1) is 16.2. The molecule has 0 fully saturated rings. The van der Waals surface area contributed by atoms with Gasteiger partial charge in [0, 0.05) is 22.6 Å². The molecule has 1 amide bonds. The highest BCUT2D eigenvalue weighted by molar-refractivity contribution is 5.92. The van der Waals surface area contributed by atoms with Crippen molar-refractivity contribution in [2.75, 3.05) is 11.9 Å². The number of nitrogens with zero attached hydrogens (tertiary/aromatic N) is 2. The second-order valence-electron chi connectivity index (χ2n) is 6.48. The maximum Gasteiger partial charge on any atom is 0.238 e. The van der Waals surface area contributed by atoms with Gasteiger partial charge in [0.15, 0.2) is 0 Å². The summed E-state index contributed by atoms with van der Waals surface area (Å²) in [6.45, 7) is 10.4. The van der Waals surface area contributed by atoms with Crippen LogP contribution in [0.15, 0.2) is 30.6 Å². The number of benzene rings is 1. The van der Waals surface area contributed by atoms with Crippen LogP contribution in [0.2, 0.25) is 0 Å². The monoisotopic (exact) mass is 300 g/mol. The van der Waals surface area contributed by atoms with Gasteiger partial charge in [-0.3, -0.25) is 4.79 Å². The van der Waals surface area contributed by atoms with Crippen LogP contribution in [-0.4, -0.2) is 27.5 Å². The summed E-state index contributed by atoms with van der Waals surface area (Å²) in [6.07, 6.45) is 1.81. The molecule has 0 aliphatic rings. The summed E-state index contributed by atoms with van der Waals surface area (Å²) in [5.74, 6) is -0.0441. The van der Waals surface area contributed by atoms with Crippen LogP contribution in [0.1, 0.15) is 32.2 Å². The SMILES string of the molecule is Cc1ncn(-c2ccc(NC(=O)CNC(C)(C)C)cc2)c1C. The number of hydrogen-bond donors (Lipinski definition) is 2. The van der Waals surface area contributed by atoms with Gasteiger partial charge in [0.2, 0.25) is 5.91 Å². The van der Waals surface area contributed by atoms with Crippen LogP contribution < -0.4 is 10.6 Å². The molecule has 5 heteroatoms. The fourth-order valence-electron chi connectivity index (χ4n) is 2.01. The van der Waals surface area contributed by atoms with E-state index in [-0.39, 0.29) is 11.4 Å². The van der Waals surface area contributed by atoms with Gasteiger partial charge in [0.05, 0.1) is 18.6 Å². The van der Waals surface area contributed by atoms with Crippen molar-refractivity contribution in [1.29, 1.82) is 0 Å². The van der Waals surface area contributed by atoms with Crippen molar-refractivity contribution in [3.63, 3.8) is 0 Å². The van der Waals surface area contributed by atoms with Gasteiger partial charge in [-0.15, -0.1) is 0 Å². The lowest BCUT2D eigenvalue weighted by Crippen LogP contribution is -2.41. The van der Waals surface area contributed by atoms with Crippen LogP contribution in [0.3, 0.4) is 0 Å². The first-order valence-corrected chi connectivity index (χ1v) is 7.42. The number of carbonyl (C=O) groups is 1. The highest BCUT2D eigenvalue weighted by Crippen LogP contribution is 2.16. The molecule has 5 nitrogen and oxygen atoms in total. The molecule has 0 unspecified atom stereocenters. The van der Waals surface area contributed by atoms with Gasteiger partial charge < -0.3 is 15.2 Å². The molecule has 1 aromatic carbocycles. The quantitative estimate of drug-likeness (QED) is 0.913. The molecule has 2 aromatic rings. The molecule has 0 spiro atoms. The van der Waals surface area contributed by atoms with Gasteiger partial charge in [0.25, 0.3) is 0 Å². The number of rotatable bonds is 4. The Balaban J connectivity index is 2.00. The van der Waals surface area contributed by atoms with Crippen LogP contribution >= 0.6 is 0 Å². The Hall–Kier alpha value is -2.14. The number of nitrogens with one attached hydrogen (secondary N) is 2. The van der Waals surface area contributed by atoms with E-state index in [0.29, 0.717) is 6.54 Å². The molecule has 0 saturated heterocycles. The standard InChI is InChI=1S/C17H24N4O/c1-12-13(2)21(11-18-12)15-8-6-14(7-9-15)20-16(22)10-19-17(3,4)5/h6-9,11,19H,10H2,1-5H3,(H,20,22). The molecule has 0 bridgehead atoms. The summed E-state index contributed by atoms with van der Waals surface area (Å²) in [5.41, 5.74) is 3.89. The molecule has 22 heavy (non-hydrogen) atoms. The van der Waals surface area contributed by atoms with Crippen molar-refractivity contribution in [1.82, 2.24) is 14.9 Å². The van der Waals surface area contributed by atoms with Crippen LogP contribution in [0, 0.1) is 13.8 Å². The molecule has 118 valence electrons. The average molecular weight is 300 g/mol. The predicted octanol–water partition coefficient (Wildman–Crippen LogP) is 2.82. The lowest BCUT2D eigenvalue weighted by Gasteiger charge is -2.20. The molecule has 1 aromatic heterocycles. The predicted molar refractivity (Wildman–Crippen MR) is 89.4 cm³/mol. The van der Waals surface area contributed by atoms with Gasteiger partial charge in [-0.2, -0.15) is 0 Å². The Kier molecular flexibility index (Phi) is 4.66. The maximum absolute atomic E-state index is 11.9. The zero-order valence-corrected chi connectivity index (χ0v) is 13.9. The van der Waals surface area contributed by atoms with Gasteiger partial charge in [0.1, 0.15) is 0 Å². The van der Waals surface area contributed by atoms with E-state index < -0.39 is 0 Å². The van der Waals surface area contributed by atoms with E-state index in [9.17, 15) is 4.79 Å². The zero-order valence-electron chi connectivity index (χ0n) is 13.9. The number of aromatic nitrogens is 2. The largest absolute Gasteiger partial charge is 0.325 e. The zero-order chi connectivity index (χ0) is 16.3. The first-order valence-electron chi connectivity index (χ1n) is 7.42. The van der Waals surface area contributed by atoms with Crippen LogP contribution in [0.25, 0.3) is 5.69 Å². The molecular formula is C17H24N4O. The number of imidazole rings is 1. The molecule has 0 aliphatic carbocycles. The molecule has 0 saturated carbocycles. The summed E-state index contributed by atoms with van der Waals surface area (Å²) < 4.78 is 2.03. The van der Waals surface area contributed by atoms with E-state index in [1.165, 1.54) is 0 Å². The minimum Gasteiger partial charge on any atom is -0.325 e. The number of carbonyl (C=O) groups excluding carboxylic acids is 1. The normalized spacial score (nSPS) is 11.5. The van der Waals surface area contributed by atoms with Crippen molar-refractivity contribution in [2.24, 2.45) is 0 Å². The lowest BCUT2D eigenvalue weighted by atomic mass is 10.1. The van der Waals surface area contributed by atoms with Crippen molar-refractivity contribution < 1.29 is 4.79 Å². The smallest absolute Gasteiger partial charge is 0.238 e. The number of aryl methyl sites for hydroxylation is 1. The second kappa shape index (κ2) is 6.32. The topological polar surface area (TPSA) is 59.0 Å². The number of hydrogen-bond acceptors (Lipinski definition) is 3. The summed E-state index contributed by atoms with van der Waals surface area (Å²) in [7, 11) is 0. The van der Waals surface area contributed by atoms with Gasteiger partial charge in [-0.25, -0.2) is 4.98 Å². The summed E-state index contributed by atoms with van der Waals surface area (Å²) in [5, 5.41) is 6.05. The van der Waals surface area contributed by atoms with Crippen molar-refractivity contribution in [2.45, 2.75) is 40.2 Å². The van der Waals surface area contributed by atoms with Crippen LogP contribution in [0.5, 0.6) is 0 Å². The first-order chi connectivity index (χ1) is 10.3. The molecule has 1 heterocycles. The summed E-state index contributed by atoms with van der Waals surface area (Å²) in [4.78, 5) is 16.2. The minimum atomic E-state index is -0.0714. The van der Waals surface area contributed by atoms with Crippen LogP contribution in [-0.2, 0) is 4.79 Å². The molecule has 0 radical (unpaired) electrons. The number of amides is 1. The van der Waals surface area contributed by atoms with E-state index in [0.717, 1.165) is 22.8 Å². The van der Waals surface area contributed by atoms with Crippen molar-refractivity contribution in [3.8, 4) is 5.69 Å². The Labute approximate surface area is 131 Å². The third-order valence-corrected chi connectivity index (χ3v) is 3.46. The molecular weight excluding hydrogens is 276 g/mol. The van der Waals surface area contributed by atoms with E-state index >= 15 is 0 Å². The van der Waals surface area contributed by atoms with Gasteiger partial charge in [-0.05, 0) is 58.9 Å². The fourth-order valence-corrected chi connectivity index (χ4v) is 2.01. The molecule has 0 aliphatic heterocycles. The lowest BCUT2D eigenvalue weighted by molar-refractivity contribution is -0.115.